The molecule has 3 rings (SSSR count). The molecular formula is C22H20FNO5. The summed E-state index contributed by atoms with van der Waals surface area (Å²) in [5, 5.41) is 10.8. The van der Waals surface area contributed by atoms with E-state index in [1.807, 2.05) is 0 Å². The highest BCUT2D eigenvalue weighted by Crippen LogP contribution is 2.39. The first kappa shape index (κ1) is 20.1. The number of hydrogen-bond donors (Lipinski definition) is 1. The lowest BCUT2D eigenvalue weighted by Gasteiger charge is -2.21. The first-order valence-corrected chi connectivity index (χ1v) is 8.81. The van der Waals surface area contributed by atoms with Gasteiger partial charge in [0, 0.05) is 12.6 Å². The molecule has 29 heavy (non-hydrogen) atoms. The lowest BCUT2D eigenvalue weighted by Crippen LogP contribution is -2.24. The number of amides is 1. The number of aliphatic hydroxyl groups is 1. The minimum absolute atomic E-state index is 0.00103. The van der Waals surface area contributed by atoms with Gasteiger partial charge in [0.05, 0.1) is 18.7 Å². The van der Waals surface area contributed by atoms with Crippen molar-refractivity contribution < 1.29 is 28.6 Å². The number of Topliss-reactive ketones (excluding diaryl/α,β-unsaturated/α-hetero) is 1. The summed E-state index contributed by atoms with van der Waals surface area (Å²) < 4.78 is 24.5. The second-order valence-corrected chi connectivity index (χ2v) is 6.43. The van der Waals surface area contributed by atoms with Crippen molar-refractivity contribution in [3.05, 3.63) is 77.6 Å². The lowest BCUT2D eigenvalue weighted by atomic mass is 9.95. The molecule has 0 saturated carbocycles. The van der Waals surface area contributed by atoms with Gasteiger partial charge in [-0.2, -0.15) is 0 Å². The van der Waals surface area contributed by atoms with Crippen molar-refractivity contribution in [2.75, 3.05) is 20.8 Å². The Kier molecular flexibility index (Phi) is 5.68. The van der Waals surface area contributed by atoms with Crippen LogP contribution in [0.3, 0.4) is 0 Å². The molecule has 1 amide bonds. The highest BCUT2D eigenvalue weighted by Gasteiger charge is 2.44. The molecule has 0 aromatic heterocycles. The van der Waals surface area contributed by atoms with Crippen LogP contribution in [0, 0.1) is 5.82 Å². The number of carbonyl (C=O) groups excluding carboxylic acids is 2. The zero-order valence-electron chi connectivity index (χ0n) is 16.0. The van der Waals surface area contributed by atoms with E-state index in [1.165, 1.54) is 31.2 Å². The molecule has 7 heteroatoms. The average Bonchev–Trinajstić information content (AvgIpc) is 2.95. The third kappa shape index (κ3) is 3.71. The summed E-state index contributed by atoms with van der Waals surface area (Å²) in [5.74, 6) is -2.24. The molecule has 1 aliphatic heterocycles. The Hall–Kier alpha value is -3.61. The fourth-order valence-corrected chi connectivity index (χ4v) is 3.24. The zero-order chi connectivity index (χ0) is 21.1. The topological polar surface area (TPSA) is 76.1 Å². The van der Waals surface area contributed by atoms with Crippen LogP contribution in [-0.4, -0.2) is 42.5 Å². The maximum Gasteiger partial charge on any atom is 0.295 e. The molecule has 2 aromatic rings. The van der Waals surface area contributed by atoms with E-state index in [9.17, 15) is 19.1 Å². The van der Waals surface area contributed by atoms with E-state index < -0.39 is 29.3 Å². The Morgan fingerprint density at radius 2 is 2.03 bits per heavy atom. The van der Waals surface area contributed by atoms with E-state index in [1.54, 1.807) is 30.3 Å². The van der Waals surface area contributed by atoms with Crippen molar-refractivity contribution in [2.24, 2.45) is 0 Å². The number of benzene rings is 2. The van der Waals surface area contributed by atoms with Crippen molar-refractivity contribution >= 4 is 17.4 Å². The Balaban J connectivity index is 2.11. The second kappa shape index (κ2) is 8.18. The van der Waals surface area contributed by atoms with Crippen molar-refractivity contribution in [1.82, 2.24) is 4.90 Å². The van der Waals surface area contributed by atoms with Gasteiger partial charge in [-0.15, -0.1) is 0 Å². The zero-order valence-corrected chi connectivity index (χ0v) is 16.0. The van der Waals surface area contributed by atoms with Gasteiger partial charge in [0.25, 0.3) is 11.7 Å². The largest absolute Gasteiger partial charge is 0.507 e. The predicted molar refractivity (Wildman–Crippen MR) is 105 cm³/mol. The van der Waals surface area contributed by atoms with E-state index in [0.29, 0.717) is 17.9 Å². The molecule has 0 bridgehead atoms. The average molecular weight is 397 g/mol. The number of methoxy groups -OCH3 is 1. The Morgan fingerprint density at radius 1 is 1.28 bits per heavy atom. The fourth-order valence-electron chi connectivity index (χ4n) is 3.24. The molecular weight excluding hydrogens is 377 g/mol. The van der Waals surface area contributed by atoms with Crippen molar-refractivity contribution in [3.63, 3.8) is 0 Å². The molecule has 0 spiro atoms. The van der Waals surface area contributed by atoms with Gasteiger partial charge >= 0.3 is 0 Å². The Bertz CT molecular complexity index is 1010. The van der Waals surface area contributed by atoms with Crippen LogP contribution in [0.15, 0.2) is 60.7 Å². The van der Waals surface area contributed by atoms with Crippen LogP contribution in [0.2, 0.25) is 0 Å². The standard InChI is InChI=1S/C22H20FNO5/c1-4-10-29-15-7-5-6-13(11-15)19-18(21(26)22(27)24(19)2)20(25)14-8-9-17(28-3)16(23)12-14/h4-9,11-12,19,25H,1,10H2,2-3H3/b20-18+. The number of rotatable bonds is 6. The smallest absolute Gasteiger partial charge is 0.295 e. The SMILES string of the molecule is C=CCOc1cccc(C2/C(=C(\O)c3ccc(OC)c(F)c3)C(=O)C(=O)N2C)c1. The van der Waals surface area contributed by atoms with Gasteiger partial charge in [-0.1, -0.05) is 24.8 Å². The molecule has 0 aliphatic carbocycles. The minimum Gasteiger partial charge on any atom is -0.507 e. The highest BCUT2D eigenvalue weighted by molar-refractivity contribution is 6.46. The summed E-state index contributed by atoms with van der Waals surface area (Å²) in [6.45, 7) is 3.89. The van der Waals surface area contributed by atoms with Crippen molar-refractivity contribution in [3.8, 4) is 11.5 Å². The number of likely N-dealkylation sites (tertiary alicyclic amines) is 1. The first-order chi connectivity index (χ1) is 13.9. The summed E-state index contributed by atoms with van der Waals surface area (Å²) >= 11 is 0. The predicted octanol–water partition coefficient (Wildman–Crippen LogP) is 3.45. The van der Waals surface area contributed by atoms with Crippen molar-refractivity contribution in [1.29, 1.82) is 0 Å². The van der Waals surface area contributed by atoms with Gasteiger partial charge in [0.2, 0.25) is 0 Å². The molecule has 1 aliphatic rings. The number of ether oxygens (including phenoxy) is 2. The third-order valence-electron chi connectivity index (χ3n) is 4.64. The molecule has 1 saturated heterocycles. The Morgan fingerprint density at radius 3 is 2.69 bits per heavy atom. The van der Waals surface area contributed by atoms with E-state index in [4.69, 9.17) is 9.47 Å². The summed E-state index contributed by atoms with van der Waals surface area (Å²) in [6.07, 6.45) is 1.59. The fraction of sp³-hybridized carbons (Fsp3) is 0.182. The van der Waals surface area contributed by atoms with Crippen LogP contribution in [0.1, 0.15) is 17.2 Å². The number of likely N-dealkylation sites (N-methyl/N-ethyl adjacent to an activating group) is 1. The molecule has 1 heterocycles. The van der Waals surface area contributed by atoms with Gasteiger partial charge < -0.3 is 19.5 Å². The number of carbonyl (C=O) groups is 2. The van der Waals surface area contributed by atoms with Crippen LogP contribution < -0.4 is 9.47 Å². The molecule has 2 aromatic carbocycles. The summed E-state index contributed by atoms with van der Waals surface area (Å²) in [7, 11) is 2.79. The minimum atomic E-state index is -0.844. The normalized spacial score (nSPS) is 18.0. The van der Waals surface area contributed by atoms with Gasteiger partial charge in [-0.3, -0.25) is 9.59 Å². The van der Waals surface area contributed by atoms with E-state index in [2.05, 4.69) is 6.58 Å². The van der Waals surface area contributed by atoms with E-state index >= 15 is 0 Å². The molecule has 1 atom stereocenters. The number of nitrogens with zero attached hydrogens (tertiary/aromatic N) is 1. The molecule has 6 nitrogen and oxygen atoms in total. The quantitative estimate of drug-likeness (QED) is 0.350. The van der Waals surface area contributed by atoms with Crippen LogP contribution in [0.4, 0.5) is 4.39 Å². The monoisotopic (exact) mass is 397 g/mol. The number of aliphatic hydroxyl groups excluding tert-OH is 1. The summed E-state index contributed by atoms with van der Waals surface area (Å²) in [5.41, 5.74) is 0.519. The van der Waals surface area contributed by atoms with Crippen molar-refractivity contribution in [2.45, 2.75) is 6.04 Å². The first-order valence-electron chi connectivity index (χ1n) is 8.81. The van der Waals surface area contributed by atoms with Crippen LogP contribution in [-0.2, 0) is 9.59 Å². The van der Waals surface area contributed by atoms with E-state index in [0.717, 1.165) is 6.07 Å². The number of hydrogen-bond acceptors (Lipinski definition) is 5. The summed E-state index contributed by atoms with van der Waals surface area (Å²) in [4.78, 5) is 26.2. The maximum atomic E-state index is 14.1. The van der Waals surface area contributed by atoms with Gasteiger partial charge in [0.15, 0.2) is 11.6 Å². The molecule has 1 unspecified atom stereocenters. The lowest BCUT2D eigenvalue weighted by molar-refractivity contribution is -0.139. The van der Waals surface area contributed by atoms with Crippen LogP contribution >= 0.6 is 0 Å². The molecule has 0 radical (unpaired) electrons. The Labute approximate surface area is 167 Å². The van der Waals surface area contributed by atoms with Crippen LogP contribution in [0.25, 0.3) is 5.76 Å². The highest BCUT2D eigenvalue weighted by atomic mass is 19.1. The van der Waals surface area contributed by atoms with Gasteiger partial charge in [0.1, 0.15) is 18.1 Å². The second-order valence-electron chi connectivity index (χ2n) is 6.43. The number of ketones is 1. The van der Waals surface area contributed by atoms with Gasteiger partial charge in [-0.05, 0) is 35.9 Å². The molecule has 150 valence electrons. The summed E-state index contributed by atoms with van der Waals surface area (Å²) in [6, 6.07) is 9.81. The van der Waals surface area contributed by atoms with Crippen LogP contribution in [0.5, 0.6) is 11.5 Å². The van der Waals surface area contributed by atoms with E-state index in [-0.39, 0.29) is 16.9 Å². The van der Waals surface area contributed by atoms with Gasteiger partial charge in [-0.25, -0.2) is 4.39 Å². The number of halogens is 1. The maximum absolute atomic E-state index is 14.1. The molecule has 1 fully saturated rings. The third-order valence-corrected chi connectivity index (χ3v) is 4.64. The molecule has 1 N–H and O–H groups in total.